The van der Waals surface area contributed by atoms with Gasteiger partial charge in [0.25, 0.3) is 0 Å². The van der Waals surface area contributed by atoms with Crippen LogP contribution in [-0.2, 0) is 6.54 Å². The first-order chi connectivity index (χ1) is 19.7. The van der Waals surface area contributed by atoms with E-state index in [1.165, 1.54) is 32.4 Å². The molecule has 3 aromatic rings. The fourth-order valence-electron chi connectivity index (χ4n) is 5.49. The number of fused-ring (bicyclic) bond motifs is 1. The summed E-state index contributed by atoms with van der Waals surface area (Å²) >= 11 is 0. The Morgan fingerprint density at radius 1 is 1.02 bits per heavy atom. The number of pyridine rings is 1. The summed E-state index contributed by atoms with van der Waals surface area (Å²) in [7, 11) is 8.32. The van der Waals surface area contributed by atoms with Gasteiger partial charge in [-0.3, -0.25) is 0 Å². The number of methoxy groups -OCH3 is 2. The molecular weight excluding hydrogens is 529 g/mol. The number of aromatic nitrogens is 1. The number of likely N-dealkylation sites (N-methyl/N-ethyl adjacent to an activating group) is 1. The first-order valence-corrected chi connectivity index (χ1v) is 13.4. The zero-order valence-corrected chi connectivity index (χ0v) is 23.7. The molecule has 0 unspecified atom stereocenters. The summed E-state index contributed by atoms with van der Waals surface area (Å²) < 4.78 is 40.8. The molecule has 2 aromatic carbocycles. The Hall–Kier alpha value is -4.19. The van der Waals surface area contributed by atoms with E-state index in [0.717, 1.165) is 54.9 Å². The molecule has 0 atom stereocenters. The molecule has 0 bridgehead atoms. The second kappa shape index (κ2) is 11.4. The topological polar surface area (TPSA) is 87.4 Å². The molecule has 1 saturated heterocycles. The average molecular weight is 562 g/mol. The van der Waals surface area contributed by atoms with E-state index >= 15 is 8.78 Å². The van der Waals surface area contributed by atoms with E-state index in [1.54, 1.807) is 0 Å². The zero-order valence-electron chi connectivity index (χ0n) is 23.7. The van der Waals surface area contributed by atoms with E-state index in [0.29, 0.717) is 22.3 Å². The van der Waals surface area contributed by atoms with Crippen molar-refractivity contribution in [1.82, 2.24) is 9.88 Å². The number of rotatable bonds is 7. The summed E-state index contributed by atoms with van der Waals surface area (Å²) in [6.45, 7) is 7.04. The molecule has 2 aliphatic heterocycles. The van der Waals surface area contributed by atoms with E-state index in [-0.39, 0.29) is 23.9 Å². The number of piperazine rings is 1. The normalized spacial score (nSPS) is 15.6. The van der Waals surface area contributed by atoms with Crippen molar-refractivity contribution in [3.05, 3.63) is 64.9 Å². The molecule has 1 fully saturated rings. The number of benzene rings is 2. The third-order valence-corrected chi connectivity index (χ3v) is 7.86. The van der Waals surface area contributed by atoms with Crippen LogP contribution in [0.4, 0.5) is 36.5 Å². The number of carbonyl (C=O) groups excluding carboxylic acids is 1. The predicted octanol–water partition coefficient (Wildman–Crippen LogP) is 3.15. The van der Waals surface area contributed by atoms with Crippen LogP contribution in [0.1, 0.15) is 23.6 Å². The Bertz CT molecular complexity index is 1470. The van der Waals surface area contributed by atoms with Crippen molar-refractivity contribution >= 4 is 41.9 Å². The molecule has 214 valence electrons. The van der Waals surface area contributed by atoms with Gasteiger partial charge >= 0.3 is 239 Å². The van der Waals surface area contributed by atoms with E-state index in [1.807, 2.05) is 12.1 Å². The number of nitrogens with two attached hydrogens (primary N) is 1. The van der Waals surface area contributed by atoms with Crippen LogP contribution < -0.4 is 29.9 Å². The summed E-state index contributed by atoms with van der Waals surface area (Å²) in [6.07, 6.45) is 1.50. The maximum atomic E-state index is 15.3. The van der Waals surface area contributed by atoms with Crippen molar-refractivity contribution in [2.24, 2.45) is 0 Å². The number of nitrogens with zero attached hydrogens (tertiary/aromatic N) is 5. The molecular formula is C29H33BF2N6O3. The molecule has 3 heterocycles. The number of urea groups is 1. The fraction of sp³-hybridized carbons (Fsp3) is 0.345. The van der Waals surface area contributed by atoms with Crippen molar-refractivity contribution in [3.63, 3.8) is 0 Å². The van der Waals surface area contributed by atoms with E-state index in [4.69, 9.17) is 15.2 Å². The monoisotopic (exact) mass is 562 g/mol. The van der Waals surface area contributed by atoms with Crippen LogP contribution in [0.3, 0.4) is 0 Å². The number of carbonyl (C=O) groups is 1. The quantitative estimate of drug-likeness (QED) is 0.443. The van der Waals surface area contributed by atoms with Crippen molar-refractivity contribution < 1.29 is 23.0 Å². The predicted molar refractivity (Wildman–Crippen MR) is 159 cm³/mol. The van der Waals surface area contributed by atoms with Gasteiger partial charge in [-0.15, -0.1) is 0 Å². The number of nitrogen functional groups attached to an aromatic ring is 1. The average Bonchev–Trinajstić information content (AvgIpc) is 2.99. The van der Waals surface area contributed by atoms with Gasteiger partial charge in [0.15, 0.2) is 0 Å². The van der Waals surface area contributed by atoms with Crippen LogP contribution in [0.5, 0.6) is 11.5 Å². The Balaban J connectivity index is 1.48. The number of amides is 2. The summed E-state index contributed by atoms with van der Waals surface area (Å²) in [6, 6.07) is 8.51. The maximum absolute atomic E-state index is 15.3. The van der Waals surface area contributed by atoms with Crippen molar-refractivity contribution in [2.45, 2.75) is 13.5 Å². The van der Waals surface area contributed by atoms with Crippen molar-refractivity contribution in [1.29, 1.82) is 0 Å². The van der Waals surface area contributed by atoms with Gasteiger partial charge in [-0.05, 0) is 0 Å². The van der Waals surface area contributed by atoms with Crippen molar-refractivity contribution in [3.8, 4) is 11.5 Å². The number of hydrogen-bond acceptors (Lipinski definition) is 7. The molecule has 0 saturated carbocycles. The van der Waals surface area contributed by atoms with Gasteiger partial charge < -0.3 is 0 Å². The summed E-state index contributed by atoms with van der Waals surface area (Å²) in [4.78, 5) is 25.0. The molecule has 2 N–H and O–H groups in total. The molecule has 5 rings (SSSR count). The minimum atomic E-state index is -1.01. The second-order valence-corrected chi connectivity index (χ2v) is 10.0. The van der Waals surface area contributed by atoms with Crippen LogP contribution in [0, 0.1) is 11.6 Å². The molecule has 12 heteroatoms. The molecule has 1 aromatic heterocycles. The molecule has 2 aliphatic rings. The second-order valence-electron chi connectivity index (χ2n) is 10.0. The van der Waals surface area contributed by atoms with Gasteiger partial charge in [0.2, 0.25) is 0 Å². The molecule has 0 radical (unpaired) electrons. The molecule has 2 amide bonds. The van der Waals surface area contributed by atoms with Crippen LogP contribution >= 0.6 is 0 Å². The van der Waals surface area contributed by atoms with Gasteiger partial charge in [0.05, 0.1) is 0 Å². The van der Waals surface area contributed by atoms with Crippen molar-refractivity contribution in [2.75, 3.05) is 74.4 Å². The third kappa shape index (κ3) is 4.97. The molecule has 41 heavy (non-hydrogen) atoms. The molecule has 0 aliphatic carbocycles. The fourth-order valence-corrected chi connectivity index (χ4v) is 5.49. The standard InChI is InChI=1S/C29H33BF2N6O3/c1-5-36-10-12-37(13-11-36)19-8-6-17(7-9-19)23(30)22-26-18(15-34-28(22)33)16-38(29(39)35(26)2)27-24(31)20(40-3)14-21(41-4)25(27)32/h6-9,14-15,30H,5,10-13,16H2,1-4H3,(H2,33,34). The van der Waals surface area contributed by atoms with Crippen LogP contribution in [0.2, 0.25) is 0 Å². The summed E-state index contributed by atoms with van der Waals surface area (Å²) in [5, 5.41) is 0. The summed E-state index contributed by atoms with van der Waals surface area (Å²) in [5.74, 6) is -2.33. The molecule has 9 nitrogen and oxygen atoms in total. The third-order valence-electron chi connectivity index (χ3n) is 7.86. The number of hydrogen-bond donors (Lipinski definition) is 1. The number of halogens is 2. The van der Waals surface area contributed by atoms with Crippen LogP contribution in [-0.4, -0.2) is 82.9 Å². The Morgan fingerprint density at radius 2 is 1.63 bits per heavy atom. The van der Waals surface area contributed by atoms with Gasteiger partial charge in [-0.25, -0.2) is 0 Å². The van der Waals surface area contributed by atoms with Gasteiger partial charge in [-0.2, -0.15) is 0 Å². The molecule has 0 spiro atoms. The number of ether oxygens (including phenoxy) is 2. The van der Waals surface area contributed by atoms with Crippen LogP contribution in [0.25, 0.3) is 0 Å². The Kier molecular flexibility index (Phi) is 7.85. The van der Waals surface area contributed by atoms with Gasteiger partial charge in [-0.1, -0.05) is 0 Å². The zero-order chi connectivity index (χ0) is 29.4. The number of anilines is 4. The van der Waals surface area contributed by atoms with Gasteiger partial charge in [0.1, 0.15) is 0 Å². The summed E-state index contributed by atoms with van der Waals surface area (Å²) in [5.41, 5.74) is 9.82. The van der Waals surface area contributed by atoms with E-state index in [2.05, 4.69) is 41.3 Å². The Morgan fingerprint density at radius 3 is 2.20 bits per heavy atom. The first kappa shape index (κ1) is 28.3. The first-order valence-electron chi connectivity index (χ1n) is 13.4. The van der Waals surface area contributed by atoms with Gasteiger partial charge in [0, 0.05) is 0 Å². The van der Waals surface area contributed by atoms with E-state index < -0.39 is 23.4 Å². The van der Waals surface area contributed by atoms with Crippen LogP contribution in [0.15, 0.2) is 36.5 Å². The minimum absolute atomic E-state index is 0.154. The SMILES string of the molecule is B=C(c1ccc(N2CCN(CC)CC2)cc1)c1c(N)ncc2c1N(C)C(=O)N(c1c(F)c(OC)cc(OC)c1F)C2. The Labute approximate surface area is 239 Å². The van der Waals surface area contributed by atoms with E-state index in [9.17, 15) is 4.79 Å².